The van der Waals surface area contributed by atoms with E-state index in [0.29, 0.717) is 11.3 Å². The van der Waals surface area contributed by atoms with Gasteiger partial charge in [0.15, 0.2) is 6.61 Å². The molecule has 0 atom stereocenters. The third-order valence-electron chi connectivity index (χ3n) is 3.05. The van der Waals surface area contributed by atoms with Crippen LogP contribution in [0.15, 0.2) is 47.6 Å². The summed E-state index contributed by atoms with van der Waals surface area (Å²) < 4.78 is 18.4. The van der Waals surface area contributed by atoms with Crippen LogP contribution in [0, 0.1) is 17.1 Å². The fourth-order valence-corrected chi connectivity index (χ4v) is 1.81. The Kier molecular flexibility index (Phi) is 5.47. The van der Waals surface area contributed by atoms with Gasteiger partial charge in [0.2, 0.25) is 0 Å². The minimum absolute atomic E-state index is 0.138. The van der Waals surface area contributed by atoms with Gasteiger partial charge in [0.1, 0.15) is 17.3 Å². The summed E-state index contributed by atoms with van der Waals surface area (Å²) >= 11 is 0. The van der Waals surface area contributed by atoms with Crippen molar-refractivity contribution in [3.8, 4) is 17.6 Å². The molecule has 0 unspecified atom stereocenters. The number of carbonyl (C=O) groups is 1. The number of hydrogen-bond acceptors (Lipinski definition) is 5. The number of benzene rings is 2. The van der Waals surface area contributed by atoms with Gasteiger partial charge in [-0.25, -0.2) is 9.82 Å². The molecule has 2 rings (SSSR count). The van der Waals surface area contributed by atoms with Crippen LogP contribution < -0.4 is 10.2 Å². The van der Waals surface area contributed by atoms with Gasteiger partial charge < -0.3 is 9.84 Å². The van der Waals surface area contributed by atoms with Gasteiger partial charge in [-0.15, -0.1) is 0 Å². The van der Waals surface area contributed by atoms with Crippen molar-refractivity contribution in [2.24, 2.45) is 5.10 Å². The van der Waals surface area contributed by atoms with Gasteiger partial charge in [0.25, 0.3) is 5.91 Å². The number of nitrogens with zero attached hydrogens (tertiary/aromatic N) is 2. The first-order valence-corrected chi connectivity index (χ1v) is 6.94. The Bertz CT molecular complexity index is 811. The van der Waals surface area contributed by atoms with Gasteiger partial charge in [-0.3, -0.25) is 4.79 Å². The zero-order valence-corrected chi connectivity index (χ0v) is 12.8. The first-order chi connectivity index (χ1) is 11.5. The molecule has 0 aliphatic carbocycles. The van der Waals surface area contributed by atoms with Gasteiger partial charge >= 0.3 is 0 Å². The summed E-state index contributed by atoms with van der Waals surface area (Å²) in [6, 6.07) is 11.7. The first-order valence-electron chi connectivity index (χ1n) is 6.94. The molecule has 0 fully saturated rings. The van der Waals surface area contributed by atoms with Crippen LogP contribution in [0.5, 0.6) is 11.5 Å². The van der Waals surface area contributed by atoms with E-state index in [-0.39, 0.29) is 23.6 Å². The fourth-order valence-electron chi connectivity index (χ4n) is 1.81. The highest BCUT2D eigenvalue weighted by atomic mass is 19.1. The van der Waals surface area contributed by atoms with E-state index in [1.807, 2.05) is 6.07 Å². The monoisotopic (exact) mass is 327 g/mol. The van der Waals surface area contributed by atoms with E-state index in [0.717, 1.165) is 12.1 Å². The zero-order valence-electron chi connectivity index (χ0n) is 12.8. The predicted molar refractivity (Wildman–Crippen MR) is 85.1 cm³/mol. The number of nitrogens with one attached hydrogen (secondary N) is 1. The van der Waals surface area contributed by atoms with E-state index < -0.39 is 11.7 Å². The van der Waals surface area contributed by atoms with E-state index in [1.165, 1.54) is 13.0 Å². The van der Waals surface area contributed by atoms with Crippen molar-refractivity contribution in [2.45, 2.75) is 6.92 Å². The maximum absolute atomic E-state index is 13.2. The fraction of sp³-hybridized carbons (Fsp3) is 0.118. The number of nitriles is 1. The van der Waals surface area contributed by atoms with Crippen LogP contribution in [0.3, 0.4) is 0 Å². The van der Waals surface area contributed by atoms with Crippen LogP contribution in [0.1, 0.15) is 18.1 Å². The molecule has 0 aliphatic rings. The SMILES string of the molecule is C/C(=N\NC(=O)COc1ccc(C#N)cc1)c1cc(F)ccc1O. The smallest absolute Gasteiger partial charge is 0.277 e. The molecule has 0 heterocycles. The second kappa shape index (κ2) is 7.74. The van der Waals surface area contributed by atoms with Gasteiger partial charge in [-0.1, -0.05) is 0 Å². The molecule has 122 valence electrons. The van der Waals surface area contributed by atoms with Crippen molar-refractivity contribution < 1.29 is 19.0 Å². The van der Waals surface area contributed by atoms with Crippen molar-refractivity contribution in [2.75, 3.05) is 6.61 Å². The molecule has 0 radical (unpaired) electrons. The minimum atomic E-state index is -0.521. The molecule has 2 aromatic rings. The molecular formula is C17H14FN3O3. The van der Waals surface area contributed by atoms with Crippen LogP contribution in [-0.2, 0) is 4.79 Å². The van der Waals surface area contributed by atoms with Gasteiger partial charge in [0.05, 0.1) is 17.3 Å². The molecule has 0 saturated heterocycles. The summed E-state index contributed by atoms with van der Waals surface area (Å²) in [6.07, 6.45) is 0. The van der Waals surface area contributed by atoms with E-state index >= 15 is 0 Å². The van der Waals surface area contributed by atoms with Crippen molar-refractivity contribution in [1.29, 1.82) is 5.26 Å². The molecule has 6 nitrogen and oxygen atoms in total. The Morgan fingerprint density at radius 3 is 2.71 bits per heavy atom. The lowest BCUT2D eigenvalue weighted by Gasteiger charge is -2.07. The van der Waals surface area contributed by atoms with Crippen LogP contribution >= 0.6 is 0 Å². The van der Waals surface area contributed by atoms with Crippen molar-refractivity contribution in [3.63, 3.8) is 0 Å². The van der Waals surface area contributed by atoms with Crippen LogP contribution in [-0.4, -0.2) is 23.3 Å². The number of phenolic OH excluding ortho intramolecular Hbond substituents is 1. The average Bonchev–Trinajstić information content (AvgIpc) is 2.60. The number of ether oxygens (including phenoxy) is 1. The summed E-state index contributed by atoms with van der Waals surface area (Å²) in [5.74, 6) is -0.740. The minimum Gasteiger partial charge on any atom is -0.507 e. The average molecular weight is 327 g/mol. The highest BCUT2D eigenvalue weighted by Gasteiger charge is 2.08. The normalized spacial score (nSPS) is 10.8. The Labute approximate surface area is 137 Å². The maximum atomic E-state index is 13.2. The van der Waals surface area contributed by atoms with Crippen LogP contribution in [0.25, 0.3) is 0 Å². The maximum Gasteiger partial charge on any atom is 0.277 e. The highest BCUT2D eigenvalue weighted by Crippen LogP contribution is 2.18. The van der Waals surface area contributed by atoms with Gasteiger partial charge in [0, 0.05) is 5.56 Å². The number of aromatic hydroxyl groups is 1. The molecule has 0 aliphatic heterocycles. The van der Waals surface area contributed by atoms with E-state index in [1.54, 1.807) is 24.3 Å². The van der Waals surface area contributed by atoms with Gasteiger partial charge in [-0.2, -0.15) is 10.4 Å². The second-order valence-corrected chi connectivity index (χ2v) is 4.82. The Hall–Kier alpha value is -3.40. The van der Waals surface area contributed by atoms with Crippen molar-refractivity contribution in [3.05, 3.63) is 59.4 Å². The lowest BCUT2D eigenvalue weighted by Crippen LogP contribution is -2.25. The number of hydrogen-bond donors (Lipinski definition) is 2. The second-order valence-electron chi connectivity index (χ2n) is 4.82. The van der Waals surface area contributed by atoms with E-state index in [4.69, 9.17) is 10.00 Å². The van der Waals surface area contributed by atoms with Crippen LogP contribution in [0.4, 0.5) is 4.39 Å². The summed E-state index contributed by atoms with van der Waals surface area (Å²) in [6.45, 7) is 1.24. The quantitative estimate of drug-likeness (QED) is 0.651. The lowest BCUT2D eigenvalue weighted by molar-refractivity contribution is -0.123. The molecule has 0 spiro atoms. The molecule has 24 heavy (non-hydrogen) atoms. The Morgan fingerprint density at radius 2 is 2.04 bits per heavy atom. The molecule has 0 aromatic heterocycles. The third kappa shape index (κ3) is 4.55. The summed E-state index contributed by atoms with van der Waals surface area (Å²) in [4.78, 5) is 11.7. The number of phenols is 1. The Morgan fingerprint density at radius 1 is 1.33 bits per heavy atom. The number of rotatable bonds is 5. The molecule has 1 amide bonds. The van der Waals surface area contributed by atoms with E-state index in [2.05, 4.69) is 10.5 Å². The summed E-state index contributed by atoms with van der Waals surface area (Å²) in [7, 11) is 0. The summed E-state index contributed by atoms with van der Waals surface area (Å²) in [5.41, 5.74) is 3.18. The van der Waals surface area contributed by atoms with Crippen molar-refractivity contribution in [1.82, 2.24) is 5.43 Å². The molecule has 0 bridgehead atoms. The third-order valence-corrected chi connectivity index (χ3v) is 3.05. The molecule has 2 aromatic carbocycles. The van der Waals surface area contributed by atoms with Gasteiger partial charge in [-0.05, 0) is 49.4 Å². The number of hydrazone groups is 1. The number of amides is 1. The standard InChI is InChI=1S/C17H14FN3O3/c1-11(15-8-13(18)4-7-16(15)22)20-21-17(23)10-24-14-5-2-12(9-19)3-6-14/h2-8,22H,10H2,1H3,(H,21,23)/b20-11+. The highest BCUT2D eigenvalue weighted by molar-refractivity contribution is 6.01. The molecule has 2 N–H and O–H groups in total. The topological polar surface area (TPSA) is 94.7 Å². The largest absolute Gasteiger partial charge is 0.507 e. The first kappa shape index (κ1) is 17.0. The number of halogens is 1. The summed E-state index contributed by atoms with van der Waals surface area (Å²) in [5, 5.41) is 22.1. The van der Waals surface area contributed by atoms with Crippen LogP contribution in [0.2, 0.25) is 0 Å². The molecule has 7 heteroatoms. The predicted octanol–water partition coefficient (Wildman–Crippen LogP) is 2.32. The Balaban J connectivity index is 1.92. The number of carbonyl (C=O) groups excluding carboxylic acids is 1. The molecule has 0 saturated carbocycles. The van der Waals surface area contributed by atoms with Crippen molar-refractivity contribution >= 4 is 11.6 Å². The lowest BCUT2D eigenvalue weighted by atomic mass is 10.1. The molecular weight excluding hydrogens is 313 g/mol. The zero-order chi connectivity index (χ0) is 17.5. The van der Waals surface area contributed by atoms with E-state index in [9.17, 15) is 14.3 Å².